The van der Waals surface area contributed by atoms with Crippen molar-refractivity contribution in [2.75, 3.05) is 23.3 Å². The highest BCUT2D eigenvalue weighted by Crippen LogP contribution is 2.23. The van der Waals surface area contributed by atoms with E-state index in [1.54, 1.807) is 0 Å². The van der Waals surface area contributed by atoms with Gasteiger partial charge in [-0.15, -0.1) is 0 Å². The van der Waals surface area contributed by atoms with Crippen molar-refractivity contribution in [1.82, 2.24) is 4.98 Å². The number of halogens is 2. The normalized spacial score (nSPS) is 15.0. The van der Waals surface area contributed by atoms with Gasteiger partial charge in [-0.25, -0.2) is 4.98 Å². The number of nitrogens with one attached hydrogen (secondary N) is 1. The number of rotatable bonds is 3. The van der Waals surface area contributed by atoms with Gasteiger partial charge in [-0.3, -0.25) is 4.79 Å². The Hall–Kier alpha value is -1.78. The zero-order chi connectivity index (χ0) is 16.9. The first-order valence-corrected chi connectivity index (χ1v) is 8.86. The van der Waals surface area contributed by atoms with Crippen molar-refractivity contribution in [3.8, 4) is 0 Å². The van der Waals surface area contributed by atoms with Gasteiger partial charge in [0.25, 0.3) is 5.91 Å². The van der Waals surface area contributed by atoms with Gasteiger partial charge in [0, 0.05) is 30.7 Å². The molecule has 0 saturated carbocycles. The fourth-order valence-electron chi connectivity index (χ4n) is 2.83. The van der Waals surface area contributed by atoms with Crippen LogP contribution in [-0.2, 0) is 0 Å². The first-order valence-electron chi connectivity index (χ1n) is 8.11. The van der Waals surface area contributed by atoms with Crippen LogP contribution in [0.4, 0.5) is 11.4 Å². The standard InChI is InChI=1S/C18H19Cl2N3O/c19-16-11-13(12-21-17(16)20)18(24)22-14-5-7-15(8-6-14)23-9-3-1-2-4-10-23/h5-8,11-12H,1-4,9-10H2,(H,22,24). The molecule has 2 aromatic rings. The molecule has 0 radical (unpaired) electrons. The molecule has 24 heavy (non-hydrogen) atoms. The average molecular weight is 364 g/mol. The maximum absolute atomic E-state index is 12.2. The lowest BCUT2D eigenvalue weighted by Gasteiger charge is -2.22. The van der Waals surface area contributed by atoms with Crippen LogP contribution in [0.5, 0.6) is 0 Å². The van der Waals surface area contributed by atoms with Gasteiger partial charge in [-0.1, -0.05) is 36.0 Å². The van der Waals surface area contributed by atoms with Crippen molar-refractivity contribution in [3.05, 3.63) is 52.3 Å². The Bertz CT molecular complexity index is 711. The lowest BCUT2D eigenvalue weighted by Crippen LogP contribution is -2.23. The summed E-state index contributed by atoms with van der Waals surface area (Å²) in [6, 6.07) is 9.45. The SMILES string of the molecule is O=C(Nc1ccc(N2CCCCCC2)cc1)c1cnc(Cl)c(Cl)c1. The quantitative estimate of drug-likeness (QED) is 0.778. The molecule has 1 aliphatic rings. The lowest BCUT2D eigenvalue weighted by atomic mass is 10.2. The minimum absolute atomic E-state index is 0.190. The molecule has 4 nitrogen and oxygen atoms in total. The Balaban J connectivity index is 1.67. The number of nitrogens with zero attached hydrogens (tertiary/aromatic N) is 2. The Morgan fingerprint density at radius 1 is 1.04 bits per heavy atom. The van der Waals surface area contributed by atoms with E-state index in [9.17, 15) is 4.79 Å². The number of hydrogen-bond donors (Lipinski definition) is 1. The minimum atomic E-state index is -0.261. The second kappa shape index (κ2) is 7.86. The number of hydrogen-bond acceptors (Lipinski definition) is 3. The van der Waals surface area contributed by atoms with E-state index in [0.717, 1.165) is 18.8 Å². The molecule has 6 heteroatoms. The molecule has 0 aliphatic carbocycles. The van der Waals surface area contributed by atoms with Crippen LogP contribution in [0.15, 0.2) is 36.5 Å². The maximum atomic E-state index is 12.2. The summed E-state index contributed by atoms with van der Waals surface area (Å²) >= 11 is 11.7. The molecule has 1 aromatic carbocycles. The van der Waals surface area contributed by atoms with Gasteiger partial charge < -0.3 is 10.2 Å². The summed E-state index contributed by atoms with van der Waals surface area (Å²) in [5, 5.41) is 3.30. The van der Waals surface area contributed by atoms with E-state index in [1.165, 1.54) is 43.6 Å². The van der Waals surface area contributed by atoms with Crippen molar-refractivity contribution < 1.29 is 4.79 Å². The molecule has 0 spiro atoms. The van der Waals surface area contributed by atoms with E-state index < -0.39 is 0 Å². The van der Waals surface area contributed by atoms with Gasteiger partial charge in [0.05, 0.1) is 10.6 Å². The second-order valence-electron chi connectivity index (χ2n) is 5.90. The zero-order valence-electron chi connectivity index (χ0n) is 13.3. The molecule has 0 atom stereocenters. The third kappa shape index (κ3) is 4.19. The van der Waals surface area contributed by atoms with E-state index in [2.05, 4.69) is 15.2 Å². The summed E-state index contributed by atoms with van der Waals surface area (Å²) in [6.45, 7) is 2.20. The summed E-state index contributed by atoms with van der Waals surface area (Å²) in [5.74, 6) is -0.261. The van der Waals surface area contributed by atoms with Gasteiger partial charge in [0.2, 0.25) is 0 Å². The first kappa shape index (κ1) is 17.1. The largest absolute Gasteiger partial charge is 0.372 e. The fraction of sp³-hybridized carbons (Fsp3) is 0.333. The van der Waals surface area contributed by atoms with Crippen LogP contribution < -0.4 is 10.2 Å². The van der Waals surface area contributed by atoms with Gasteiger partial charge in [0.1, 0.15) is 5.15 Å². The predicted molar refractivity (Wildman–Crippen MR) is 99.3 cm³/mol. The molecule has 1 amide bonds. The van der Waals surface area contributed by atoms with E-state index in [1.807, 2.05) is 24.3 Å². The van der Waals surface area contributed by atoms with Gasteiger partial charge in [0.15, 0.2) is 0 Å². The van der Waals surface area contributed by atoms with Gasteiger partial charge in [-0.05, 0) is 43.2 Å². The molecule has 0 bridgehead atoms. The Kier molecular flexibility index (Phi) is 5.59. The molecule has 0 unspecified atom stereocenters. The lowest BCUT2D eigenvalue weighted by molar-refractivity contribution is 0.102. The minimum Gasteiger partial charge on any atom is -0.372 e. The van der Waals surface area contributed by atoms with Gasteiger partial charge >= 0.3 is 0 Å². The van der Waals surface area contributed by atoms with E-state index in [0.29, 0.717) is 5.56 Å². The molecule has 2 heterocycles. The first-order chi connectivity index (χ1) is 11.6. The summed E-state index contributed by atoms with van der Waals surface area (Å²) < 4.78 is 0. The highest BCUT2D eigenvalue weighted by molar-refractivity contribution is 6.41. The summed E-state index contributed by atoms with van der Waals surface area (Å²) in [5.41, 5.74) is 2.32. The topological polar surface area (TPSA) is 45.2 Å². The maximum Gasteiger partial charge on any atom is 0.257 e. The van der Waals surface area contributed by atoms with Crippen LogP contribution in [0.2, 0.25) is 10.2 Å². The third-order valence-corrected chi connectivity index (χ3v) is 4.84. The number of aromatic nitrogens is 1. The Morgan fingerprint density at radius 2 is 1.71 bits per heavy atom. The van der Waals surface area contributed by atoms with Crippen LogP contribution in [0.25, 0.3) is 0 Å². The summed E-state index contributed by atoms with van der Waals surface area (Å²) in [4.78, 5) is 18.5. The Morgan fingerprint density at radius 3 is 2.33 bits per heavy atom. The van der Waals surface area contributed by atoms with Crippen LogP contribution in [0.3, 0.4) is 0 Å². The summed E-state index contributed by atoms with van der Waals surface area (Å²) in [6.07, 6.45) is 6.51. The second-order valence-corrected chi connectivity index (χ2v) is 6.66. The molecule has 1 N–H and O–H groups in total. The molecule has 1 aromatic heterocycles. The van der Waals surface area contributed by atoms with Crippen LogP contribution in [-0.4, -0.2) is 24.0 Å². The smallest absolute Gasteiger partial charge is 0.257 e. The molecule has 1 fully saturated rings. The van der Waals surface area contributed by atoms with Crippen molar-refractivity contribution in [2.24, 2.45) is 0 Å². The highest BCUT2D eigenvalue weighted by atomic mass is 35.5. The molecule has 126 valence electrons. The zero-order valence-corrected chi connectivity index (χ0v) is 14.8. The van der Waals surface area contributed by atoms with E-state index in [-0.39, 0.29) is 16.1 Å². The number of amides is 1. The summed E-state index contributed by atoms with van der Waals surface area (Å²) in [7, 11) is 0. The van der Waals surface area contributed by atoms with Crippen molar-refractivity contribution in [3.63, 3.8) is 0 Å². The molecular weight excluding hydrogens is 345 g/mol. The number of carbonyl (C=O) groups is 1. The van der Waals surface area contributed by atoms with Crippen molar-refractivity contribution >= 4 is 40.5 Å². The number of carbonyl (C=O) groups excluding carboxylic acids is 1. The van der Waals surface area contributed by atoms with E-state index >= 15 is 0 Å². The Labute approximate surface area is 151 Å². The third-order valence-electron chi connectivity index (χ3n) is 4.15. The monoisotopic (exact) mass is 363 g/mol. The fourth-order valence-corrected chi connectivity index (χ4v) is 3.10. The van der Waals surface area contributed by atoms with E-state index in [4.69, 9.17) is 23.2 Å². The highest BCUT2D eigenvalue weighted by Gasteiger charge is 2.12. The number of pyridine rings is 1. The van der Waals surface area contributed by atoms with Crippen LogP contribution in [0, 0.1) is 0 Å². The van der Waals surface area contributed by atoms with Crippen LogP contribution in [0.1, 0.15) is 36.0 Å². The molecular formula is C18H19Cl2N3O. The molecule has 1 aliphatic heterocycles. The average Bonchev–Trinajstić information content (AvgIpc) is 2.87. The van der Waals surface area contributed by atoms with Crippen molar-refractivity contribution in [1.29, 1.82) is 0 Å². The molecule has 1 saturated heterocycles. The number of anilines is 2. The molecule has 3 rings (SSSR count). The van der Waals surface area contributed by atoms with Crippen LogP contribution >= 0.6 is 23.2 Å². The number of benzene rings is 1. The van der Waals surface area contributed by atoms with Gasteiger partial charge in [-0.2, -0.15) is 0 Å². The predicted octanol–water partition coefficient (Wildman–Crippen LogP) is 5.02. The van der Waals surface area contributed by atoms with Crippen molar-refractivity contribution in [2.45, 2.75) is 25.7 Å².